The van der Waals surface area contributed by atoms with E-state index in [-0.39, 0.29) is 5.82 Å². The zero-order chi connectivity index (χ0) is 11.0. The molecule has 2 heterocycles. The number of aryl methyl sites for hydroxylation is 1. The molecule has 15 heavy (non-hydrogen) atoms. The Morgan fingerprint density at radius 3 is 2.67 bits per heavy atom. The van der Waals surface area contributed by atoms with Crippen LogP contribution in [0.25, 0.3) is 0 Å². The fourth-order valence-corrected chi connectivity index (χ4v) is 1.42. The quantitative estimate of drug-likeness (QED) is 0.624. The van der Waals surface area contributed by atoms with Crippen molar-refractivity contribution in [2.75, 3.05) is 0 Å². The number of aliphatic hydroxyl groups is 2. The van der Waals surface area contributed by atoms with E-state index < -0.39 is 24.4 Å². The van der Waals surface area contributed by atoms with Crippen molar-refractivity contribution in [3.63, 3.8) is 0 Å². The molecule has 2 rings (SSSR count). The number of aliphatic hydroxyl groups excluding tert-OH is 2. The summed E-state index contributed by atoms with van der Waals surface area (Å²) in [7, 11) is 0. The Morgan fingerprint density at radius 1 is 1.47 bits per heavy atom. The van der Waals surface area contributed by atoms with Gasteiger partial charge >= 0.3 is 0 Å². The van der Waals surface area contributed by atoms with Crippen molar-refractivity contribution in [3.05, 3.63) is 12.7 Å². The van der Waals surface area contributed by atoms with Gasteiger partial charge in [0, 0.05) is 0 Å². The molecule has 1 saturated heterocycles. The van der Waals surface area contributed by atoms with Crippen molar-refractivity contribution in [2.24, 2.45) is 0 Å². The third-order valence-electron chi connectivity index (χ3n) is 2.31. The molecule has 0 amide bonds. The zero-order valence-corrected chi connectivity index (χ0v) is 8.19. The Bertz CT molecular complexity index is 342. The molecule has 1 aromatic rings. The highest BCUT2D eigenvalue weighted by Gasteiger charge is 2.43. The van der Waals surface area contributed by atoms with Crippen molar-refractivity contribution in [3.8, 4) is 0 Å². The van der Waals surface area contributed by atoms with Crippen LogP contribution in [0.4, 0.5) is 0 Å². The highest BCUT2D eigenvalue weighted by atomic mass is 16.5. The van der Waals surface area contributed by atoms with E-state index in [9.17, 15) is 10.2 Å². The SMILES string of the molecule is [CH][C@@H]1O[C@H](c2nnn(CC)n2)[C@H](O)C1O. The minimum atomic E-state index is -1.12. The summed E-state index contributed by atoms with van der Waals surface area (Å²) in [5, 5.41) is 30.4. The van der Waals surface area contributed by atoms with Crippen LogP contribution in [0, 0.1) is 6.92 Å². The monoisotopic (exact) mass is 212 g/mol. The second-order valence-electron chi connectivity index (χ2n) is 3.34. The highest BCUT2D eigenvalue weighted by molar-refractivity contribution is 5.00. The van der Waals surface area contributed by atoms with Crippen LogP contribution in [0.2, 0.25) is 0 Å². The molecule has 0 saturated carbocycles. The number of nitrogens with zero attached hydrogens (tertiary/aromatic N) is 4. The van der Waals surface area contributed by atoms with Crippen molar-refractivity contribution < 1.29 is 14.9 Å². The molecular formula is C8H12N4O3. The second kappa shape index (κ2) is 3.84. The summed E-state index contributed by atoms with van der Waals surface area (Å²) in [6.45, 7) is 7.85. The average molecular weight is 212 g/mol. The number of hydrogen-bond donors (Lipinski definition) is 2. The first kappa shape index (κ1) is 10.5. The van der Waals surface area contributed by atoms with Gasteiger partial charge in [-0.3, -0.25) is 0 Å². The Labute approximate surface area is 86.7 Å². The Hall–Kier alpha value is -1.05. The number of hydrogen-bond acceptors (Lipinski definition) is 6. The molecule has 0 spiro atoms. The number of ether oxygens (including phenoxy) is 1. The van der Waals surface area contributed by atoms with Crippen molar-refractivity contribution in [1.29, 1.82) is 0 Å². The number of tetrazole rings is 1. The van der Waals surface area contributed by atoms with Gasteiger partial charge in [0.1, 0.15) is 18.3 Å². The van der Waals surface area contributed by atoms with Gasteiger partial charge in [-0.2, -0.15) is 4.80 Å². The molecule has 1 aliphatic rings. The summed E-state index contributed by atoms with van der Waals surface area (Å²) in [6.07, 6.45) is -3.97. The summed E-state index contributed by atoms with van der Waals surface area (Å²) in [5.41, 5.74) is 0. The first-order valence-electron chi connectivity index (χ1n) is 4.68. The summed E-state index contributed by atoms with van der Waals surface area (Å²) in [6, 6.07) is 0. The van der Waals surface area contributed by atoms with Crippen LogP contribution in [-0.4, -0.2) is 48.7 Å². The van der Waals surface area contributed by atoms with Gasteiger partial charge in [-0.1, -0.05) is 0 Å². The summed E-state index contributed by atoms with van der Waals surface area (Å²) in [5.74, 6) is 0.233. The number of rotatable bonds is 2. The van der Waals surface area contributed by atoms with E-state index in [1.54, 1.807) is 0 Å². The van der Waals surface area contributed by atoms with Gasteiger partial charge in [-0.05, 0) is 19.1 Å². The fraction of sp³-hybridized carbons (Fsp3) is 0.750. The molecule has 2 radical (unpaired) electrons. The Balaban J connectivity index is 2.17. The molecule has 82 valence electrons. The molecule has 4 atom stereocenters. The molecule has 1 aromatic heterocycles. The molecule has 0 aromatic carbocycles. The van der Waals surface area contributed by atoms with Crippen LogP contribution in [0.15, 0.2) is 0 Å². The second-order valence-corrected chi connectivity index (χ2v) is 3.34. The van der Waals surface area contributed by atoms with Crippen LogP contribution in [0.1, 0.15) is 18.9 Å². The van der Waals surface area contributed by atoms with Crippen LogP contribution in [-0.2, 0) is 11.3 Å². The van der Waals surface area contributed by atoms with Crippen LogP contribution < -0.4 is 0 Å². The minimum absolute atomic E-state index is 0.233. The first-order valence-corrected chi connectivity index (χ1v) is 4.68. The van der Waals surface area contributed by atoms with Crippen LogP contribution in [0.5, 0.6) is 0 Å². The predicted octanol–water partition coefficient (Wildman–Crippen LogP) is -1.43. The summed E-state index contributed by atoms with van der Waals surface area (Å²) < 4.78 is 5.13. The topological polar surface area (TPSA) is 93.3 Å². The van der Waals surface area contributed by atoms with Crippen molar-refractivity contribution in [1.82, 2.24) is 20.2 Å². The molecule has 0 aliphatic carbocycles. The summed E-state index contributed by atoms with van der Waals surface area (Å²) >= 11 is 0. The standard InChI is InChI=1S/C8H12N4O3/c1-3-12-10-8(9-11-12)7-6(14)5(13)4(2)15-7/h2,4-7,13-14H,3H2,1H3/t4-,5?,6+,7-/m0/s1. The lowest BCUT2D eigenvalue weighted by molar-refractivity contribution is 0.0145. The Morgan fingerprint density at radius 2 is 2.20 bits per heavy atom. The third kappa shape index (κ3) is 1.73. The summed E-state index contributed by atoms with van der Waals surface area (Å²) in [4.78, 5) is 1.36. The van der Waals surface area contributed by atoms with E-state index in [2.05, 4.69) is 15.4 Å². The van der Waals surface area contributed by atoms with Gasteiger partial charge in [0.25, 0.3) is 0 Å². The van der Waals surface area contributed by atoms with Gasteiger partial charge < -0.3 is 14.9 Å². The lowest BCUT2D eigenvalue weighted by Crippen LogP contribution is -2.29. The maximum absolute atomic E-state index is 9.59. The molecule has 7 nitrogen and oxygen atoms in total. The lowest BCUT2D eigenvalue weighted by atomic mass is 10.1. The van der Waals surface area contributed by atoms with Crippen molar-refractivity contribution >= 4 is 0 Å². The minimum Gasteiger partial charge on any atom is -0.388 e. The maximum atomic E-state index is 9.59. The van der Waals surface area contributed by atoms with Gasteiger partial charge in [-0.25, -0.2) is 0 Å². The maximum Gasteiger partial charge on any atom is 0.206 e. The molecule has 1 aliphatic heterocycles. The lowest BCUT2D eigenvalue weighted by Gasteiger charge is -2.09. The van der Waals surface area contributed by atoms with Crippen molar-refractivity contribution in [2.45, 2.75) is 37.9 Å². The third-order valence-corrected chi connectivity index (χ3v) is 2.31. The van der Waals surface area contributed by atoms with Crippen LogP contribution in [0.3, 0.4) is 0 Å². The largest absolute Gasteiger partial charge is 0.388 e. The van der Waals surface area contributed by atoms with Gasteiger partial charge in [0.2, 0.25) is 5.82 Å². The predicted molar refractivity (Wildman–Crippen MR) is 47.4 cm³/mol. The molecule has 0 bridgehead atoms. The van der Waals surface area contributed by atoms with E-state index in [0.717, 1.165) is 0 Å². The normalized spacial score (nSPS) is 36.0. The highest BCUT2D eigenvalue weighted by Crippen LogP contribution is 2.30. The fourth-order valence-electron chi connectivity index (χ4n) is 1.42. The molecular weight excluding hydrogens is 200 g/mol. The van der Waals surface area contributed by atoms with E-state index in [1.165, 1.54) is 4.80 Å². The van der Waals surface area contributed by atoms with Crippen LogP contribution >= 0.6 is 0 Å². The molecule has 2 N–H and O–H groups in total. The first-order chi connectivity index (χ1) is 7.13. The Kier molecular flexibility index (Phi) is 2.68. The van der Waals surface area contributed by atoms with Gasteiger partial charge in [0.05, 0.1) is 12.6 Å². The van der Waals surface area contributed by atoms with Gasteiger partial charge in [-0.15, -0.1) is 10.2 Å². The zero-order valence-electron chi connectivity index (χ0n) is 8.19. The van der Waals surface area contributed by atoms with E-state index >= 15 is 0 Å². The average Bonchev–Trinajstić information content (AvgIpc) is 2.79. The molecule has 1 unspecified atom stereocenters. The smallest absolute Gasteiger partial charge is 0.206 e. The van der Waals surface area contributed by atoms with Gasteiger partial charge in [0.15, 0.2) is 0 Å². The van der Waals surface area contributed by atoms with E-state index in [0.29, 0.717) is 6.54 Å². The molecule has 1 fully saturated rings. The number of aromatic nitrogens is 4. The van der Waals surface area contributed by atoms with E-state index in [4.69, 9.17) is 11.7 Å². The van der Waals surface area contributed by atoms with E-state index in [1.807, 2.05) is 6.92 Å². The molecule has 7 heteroatoms.